The number of tetrazole rings is 1. The smallest absolute Gasteiger partial charge is 0.253 e. The maximum Gasteiger partial charge on any atom is 0.253 e. The molecule has 1 N–H and O–H groups in total. The third-order valence-corrected chi connectivity index (χ3v) is 7.93. The molecule has 3 heterocycles. The Morgan fingerprint density at radius 3 is 2.57 bits per heavy atom. The summed E-state index contributed by atoms with van der Waals surface area (Å²) in [6, 6.07) is 18.0. The Morgan fingerprint density at radius 1 is 1.11 bits per heavy atom. The number of hydrogen-bond donors (Lipinski definition) is 1. The minimum Gasteiger partial charge on any atom is -0.497 e. The van der Waals surface area contributed by atoms with Crippen molar-refractivity contribution in [3.63, 3.8) is 0 Å². The van der Waals surface area contributed by atoms with E-state index in [0.717, 1.165) is 55.4 Å². The number of aromatic nitrogens is 5. The Hall–Kier alpha value is -3.52. The second-order valence-electron chi connectivity index (χ2n) is 10.7. The lowest BCUT2D eigenvalue weighted by molar-refractivity contribution is 0.137. The average Bonchev–Trinajstić information content (AvgIpc) is 3.41. The molecular formula is C29H36N6O2. The molecule has 0 bridgehead atoms. The van der Waals surface area contributed by atoms with Crippen LogP contribution in [-0.4, -0.2) is 50.3 Å². The van der Waals surface area contributed by atoms with Gasteiger partial charge >= 0.3 is 0 Å². The zero-order chi connectivity index (χ0) is 26.0. The van der Waals surface area contributed by atoms with Gasteiger partial charge in [-0.15, -0.1) is 5.10 Å². The van der Waals surface area contributed by atoms with Crippen molar-refractivity contribution in [2.75, 3.05) is 20.2 Å². The van der Waals surface area contributed by atoms with Crippen molar-refractivity contribution < 1.29 is 4.74 Å². The van der Waals surface area contributed by atoms with Crippen molar-refractivity contribution in [3.05, 3.63) is 81.9 Å². The summed E-state index contributed by atoms with van der Waals surface area (Å²) in [5.74, 6) is 2.07. The van der Waals surface area contributed by atoms with Gasteiger partial charge in [0, 0.05) is 16.5 Å². The number of nitrogens with one attached hydrogen (secondary N) is 1. The van der Waals surface area contributed by atoms with Gasteiger partial charge in [0.15, 0.2) is 5.82 Å². The molecule has 1 fully saturated rings. The Balaban J connectivity index is 1.53. The number of benzene rings is 2. The number of hydrogen-bond acceptors (Lipinski definition) is 6. The molecule has 1 atom stereocenters. The van der Waals surface area contributed by atoms with Crippen molar-refractivity contribution in [1.29, 1.82) is 0 Å². The maximum absolute atomic E-state index is 13.5. The van der Waals surface area contributed by atoms with Crippen LogP contribution in [0.2, 0.25) is 0 Å². The van der Waals surface area contributed by atoms with Gasteiger partial charge in [0.1, 0.15) is 11.8 Å². The van der Waals surface area contributed by atoms with Crippen LogP contribution in [0.25, 0.3) is 10.9 Å². The van der Waals surface area contributed by atoms with Crippen molar-refractivity contribution in [1.82, 2.24) is 30.1 Å². The first-order valence-electron chi connectivity index (χ1n) is 13.2. The molecular weight excluding hydrogens is 464 g/mol. The SMILES string of the molecule is CCC(C)(C)n1nnnc1C(c1cc2cc(OC)ccc2[nH]c1=O)N1CCC(Cc2ccccc2)CC1. The Morgan fingerprint density at radius 2 is 1.86 bits per heavy atom. The van der Waals surface area contributed by atoms with E-state index in [9.17, 15) is 4.79 Å². The van der Waals surface area contributed by atoms with E-state index in [0.29, 0.717) is 17.3 Å². The largest absolute Gasteiger partial charge is 0.497 e. The number of fused-ring (bicyclic) bond motifs is 1. The number of likely N-dealkylation sites (tertiary alicyclic amines) is 1. The predicted octanol–water partition coefficient (Wildman–Crippen LogP) is 4.71. The van der Waals surface area contributed by atoms with Crippen LogP contribution in [0.5, 0.6) is 5.75 Å². The van der Waals surface area contributed by atoms with Crippen LogP contribution in [-0.2, 0) is 12.0 Å². The predicted molar refractivity (Wildman–Crippen MR) is 145 cm³/mol. The van der Waals surface area contributed by atoms with Gasteiger partial charge in [0.25, 0.3) is 5.56 Å². The van der Waals surface area contributed by atoms with Gasteiger partial charge in [-0.1, -0.05) is 37.3 Å². The zero-order valence-electron chi connectivity index (χ0n) is 22.1. The third kappa shape index (κ3) is 5.16. The normalized spacial score (nSPS) is 16.2. The van der Waals surface area contributed by atoms with E-state index in [1.807, 2.05) is 28.9 Å². The van der Waals surface area contributed by atoms with E-state index in [-0.39, 0.29) is 17.1 Å². The Labute approximate surface area is 217 Å². The lowest BCUT2D eigenvalue weighted by Crippen LogP contribution is -2.42. The standard InChI is InChI=1S/C29H36N6O2/c1-5-29(2,3)35-27(31-32-33-35)26(24-19-22-18-23(37-4)11-12-25(22)30-28(24)36)34-15-13-21(14-16-34)17-20-9-7-6-8-10-20/h6-12,18-19,21,26H,5,13-17H2,1-4H3,(H,30,36). The minimum absolute atomic E-state index is 0.113. The Kier molecular flexibility index (Phi) is 7.11. The molecule has 0 aliphatic carbocycles. The van der Waals surface area contributed by atoms with Crippen LogP contribution in [0.1, 0.15) is 63.0 Å². The number of methoxy groups -OCH3 is 1. The lowest BCUT2D eigenvalue weighted by atomic mass is 9.88. The van der Waals surface area contributed by atoms with E-state index in [4.69, 9.17) is 4.74 Å². The van der Waals surface area contributed by atoms with Crippen LogP contribution in [0.15, 0.2) is 59.4 Å². The van der Waals surface area contributed by atoms with Crippen molar-refractivity contribution in [3.8, 4) is 5.75 Å². The number of aromatic amines is 1. The van der Waals surface area contributed by atoms with Gasteiger partial charge in [-0.05, 0) is 98.8 Å². The second-order valence-corrected chi connectivity index (χ2v) is 10.7. The van der Waals surface area contributed by atoms with E-state index >= 15 is 0 Å². The van der Waals surface area contributed by atoms with Gasteiger partial charge in [0.05, 0.1) is 12.6 Å². The summed E-state index contributed by atoms with van der Waals surface area (Å²) in [5.41, 5.74) is 2.42. The van der Waals surface area contributed by atoms with Gasteiger partial charge in [-0.3, -0.25) is 9.69 Å². The molecule has 194 valence electrons. The van der Waals surface area contributed by atoms with E-state index in [2.05, 4.69) is 76.5 Å². The highest BCUT2D eigenvalue weighted by Gasteiger charge is 2.36. The summed E-state index contributed by atoms with van der Waals surface area (Å²) in [5, 5.41) is 13.9. The summed E-state index contributed by atoms with van der Waals surface area (Å²) >= 11 is 0. The van der Waals surface area contributed by atoms with Crippen LogP contribution in [0.3, 0.4) is 0 Å². The number of ether oxygens (including phenoxy) is 1. The molecule has 4 aromatic rings. The minimum atomic E-state index is -0.349. The zero-order valence-corrected chi connectivity index (χ0v) is 22.1. The topological polar surface area (TPSA) is 88.9 Å². The van der Waals surface area contributed by atoms with E-state index < -0.39 is 0 Å². The fourth-order valence-electron chi connectivity index (χ4n) is 5.34. The molecule has 5 rings (SSSR count). The van der Waals surface area contributed by atoms with Gasteiger partial charge in [-0.25, -0.2) is 4.68 Å². The summed E-state index contributed by atoms with van der Waals surface area (Å²) < 4.78 is 7.35. The molecule has 2 aromatic heterocycles. The third-order valence-electron chi connectivity index (χ3n) is 7.93. The quantitative estimate of drug-likeness (QED) is 0.377. The molecule has 0 radical (unpaired) electrons. The number of rotatable bonds is 8. The number of pyridine rings is 1. The molecule has 8 heteroatoms. The highest BCUT2D eigenvalue weighted by molar-refractivity contribution is 5.80. The molecule has 0 spiro atoms. The number of H-pyrrole nitrogens is 1. The van der Waals surface area contributed by atoms with Crippen LogP contribution >= 0.6 is 0 Å². The molecule has 37 heavy (non-hydrogen) atoms. The molecule has 0 amide bonds. The molecule has 8 nitrogen and oxygen atoms in total. The average molecular weight is 501 g/mol. The second kappa shape index (κ2) is 10.5. The lowest BCUT2D eigenvalue weighted by Gasteiger charge is -2.38. The van der Waals surface area contributed by atoms with Gasteiger partial charge in [0.2, 0.25) is 0 Å². The molecule has 0 saturated carbocycles. The highest BCUT2D eigenvalue weighted by Crippen LogP contribution is 2.34. The van der Waals surface area contributed by atoms with Crippen molar-refractivity contribution in [2.24, 2.45) is 5.92 Å². The van der Waals surface area contributed by atoms with E-state index in [1.54, 1.807) is 7.11 Å². The summed E-state index contributed by atoms with van der Waals surface area (Å²) in [4.78, 5) is 19.0. The van der Waals surface area contributed by atoms with Crippen LogP contribution < -0.4 is 10.3 Å². The van der Waals surface area contributed by atoms with Crippen molar-refractivity contribution in [2.45, 2.75) is 58.0 Å². The molecule has 1 aliphatic heterocycles. The summed E-state index contributed by atoms with van der Waals surface area (Å²) in [7, 11) is 1.65. The maximum atomic E-state index is 13.5. The summed E-state index contributed by atoms with van der Waals surface area (Å²) in [6.45, 7) is 8.13. The summed E-state index contributed by atoms with van der Waals surface area (Å²) in [6.07, 6.45) is 4.06. The fraction of sp³-hybridized carbons (Fsp3) is 0.448. The highest BCUT2D eigenvalue weighted by atomic mass is 16.5. The molecule has 1 aliphatic rings. The number of piperidine rings is 1. The van der Waals surface area contributed by atoms with Crippen molar-refractivity contribution >= 4 is 10.9 Å². The molecule has 1 saturated heterocycles. The van der Waals surface area contributed by atoms with E-state index in [1.165, 1.54) is 5.56 Å². The molecule has 2 aromatic carbocycles. The molecule has 1 unspecified atom stereocenters. The first kappa shape index (κ1) is 25.1. The fourth-order valence-corrected chi connectivity index (χ4v) is 5.34. The number of nitrogens with zero attached hydrogens (tertiary/aromatic N) is 5. The van der Waals surface area contributed by atoms with Crippen LogP contribution in [0, 0.1) is 5.92 Å². The Bertz CT molecular complexity index is 1400. The first-order chi connectivity index (χ1) is 17.9. The van der Waals surface area contributed by atoms with Crippen LogP contribution in [0.4, 0.5) is 0 Å². The van der Waals surface area contributed by atoms with Gasteiger partial charge in [-0.2, -0.15) is 0 Å². The van der Waals surface area contributed by atoms with Gasteiger partial charge < -0.3 is 9.72 Å². The monoisotopic (exact) mass is 500 g/mol. The first-order valence-corrected chi connectivity index (χ1v) is 13.2.